The molecule has 0 radical (unpaired) electrons. The second kappa shape index (κ2) is 5.51. The maximum atomic E-state index is 11.7. The van der Waals surface area contributed by atoms with E-state index in [0.29, 0.717) is 22.1 Å². The van der Waals surface area contributed by atoms with Gasteiger partial charge in [-0.3, -0.25) is 0 Å². The minimum atomic E-state index is -0.840. The fourth-order valence-corrected chi connectivity index (χ4v) is 1.60. The van der Waals surface area contributed by atoms with Gasteiger partial charge >= 0.3 is 5.97 Å². The van der Waals surface area contributed by atoms with E-state index in [2.05, 4.69) is 15.9 Å². The number of hydrogen-bond donors (Lipinski definition) is 2. The summed E-state index contributed by atoms with van der Waals surface area (Å²) in [5.74, 6) is -0.451. The Morgan fingerprint density at radius 3 is 2.76 bits per heavy atom. The number of esters is 1. The number of halogens is 1. The van der Waals surface area contributed by atoms with Gasteiger partial charge in [0.15, 0.2) is 0 Å². The standard InChI is InChI=1S/C12H16BrNO3/c1-12(2,16)6-7-17-11(15)8-4-3-5-9(14)10(8)13/h3-5,16H,6-7,14H2,1-2H3. The summed E-state index contributed by atoms with van der Waals surface area (Å²) in [6, 6.07) is 5.01. The van der Waals surface area contributed by atoms with Crippen molar-refractivity contribution in [2.45, 2.75) is 25.9 Å². The highest BCUT2D eigenvalue weighted by molar-refractivity contribution is 9.10. The molecule has 1 aromatic carbocycles. The molecule has 5 heteroatoms. The van der Waals surface area contributed by atoms with E-state index in [1.807, 2.05) is 0 Å². The summed E-state index contributed by atoms with van der Waals surface area (Å²) in [5.41, 5.74) is 5.70. The van der Waals surface area contributed by atoms with Gasteiger partial charge in [-0.15, -0.1) is 0 Å². The Bertz CT molecular complexity index is 413. The van der Waals surface area contributed by atoms with Gasteiger partial charge in [-0.05, 0) is 41.9 Å². The molecular formula is C12H16BrNO3. The highest BCUT2D eigenvalue weighted by Gasteiger charge is 2.16. The van der Waals surface area contributed by atoms with Gasteiger partial charge in [0.2, 0.25) is 0 Å². The highest BCUT2D eigenvalue weighted by Crippen LogP contribution is 2.24. The maximum absolute atomic E-state index is 11.7. The lowest BCUT2D eigenvalue weighted by atomic mass is 10.1. The molecule has 0 fully saturated rings. The number of nitrogens with two attached hydrogens (primary N) is 1. The predicted molar refractivity (Wildman–Crippen MR) is 69.8 cm³/mol. The molecule has 0 atom stereocenters. The highest BCUT2D eigenvalue weighted by atomic mass is 79.9. The number of ether oxygens (including phenoxy) is 1. The number of rotatable bonds is 4. The molecule has 0 heterocycles. The van der Waals surface area contributed by atoms with Gasteiger partial charge < -0.3 is 15.6 Å². The molecule has 1 aromatic rings. The number of carbonyl (C=O) groups is 1. The summed E-state index contributed by atoms with van der Waals surface area (Å²) in [4.78, 5) is 11.7. The second-order valence-electron chi connectivity index (χ2n) is 4.41. The van der Waals surface area contributed by atoms with Crippen molar-refractivity contribution < 1.29 is 14.6 Å². The van der Waals surface area contributed by atoms with Crippen molar-refractivity contribution in [3.8, 4) is 0 Å². The third kappa shape index (κ3) is 4.36. The lowest BCUT2D eigenvalue weighted by Crippen LogP contribution is -2.22. The first-order valence-corrected chi connectivity index (χ1v) is 6.04. The van der Waals surface area contributed by atoms with Gasteiger partial charge in [-0.1, -0.05) is 6.07 Å². The van der Waals surface area contributed by atoms with Crippen LogP contribution in [0.5, 0.6) is 0 Å². The number of aliphatic hydroxyl groups is 1. The molecule has 0 bridgehead atoms. The summed E-state index contributed by atoms with van der Waals surface area (Å²) >= 11 is 3.24. The molecule has 0 aliphatic rings. The smallest absolute Gasteiger partial charge is 0.339 e. The molecule has 3 N–H and O–H groups in total. The summed E-state index contributed by atoms with van der Waals surface area (Å²) < 4.78 is 5.59. The van der Waals surface area contributed by atoms with E-state index < -0.39 is 11.6 Å². The Morgan fingerprint density at radius 1 is 1.53 bits per heavy atom. The van der Waals surface area contributed by atoms with Crippen molar-refractivity contribution in [3.63, 3.8) is 0 Å². The Morgan fingerprint density at radius 2 is 2.18 bits per heavy atom. The normalized spacial score (nSPS) is 11.3. The van der Waals surface area contributed by atoms with Crippen LogP contribution in [-0.4, -0.2) is 23.3 Å². The van der Waals surface area contributed by atoms with Crippen LogP contribution in [0.1, 0.15) is 30.6 Å². The third-order valence-electron chi connectivity index (χ3n) is 2.20. The molecule has 0 aromatic heterocycles. The number of nitrogen functional groups attached to an aromatic ring is 1. The molecule has 17 heavy (non-hydrogen) atoms. The van der Waals surface area contributed by atoms with Crippen molar-refractivity contribution in [3.05, 3.63) is 28.2 Å². The average Bonchev–Trinajstić information content (AvgIpc) is 2.20. The van der Waals surface area contributed by atoms with Crippen LogP contribution in [0.25, 0.3) is 0 Å². The van der Waals surface area contributed by atoms with Crippen molar-refractivity contribution in [1.29, 1.82) is 0 Å². The van der Waals surface area contributed by atoms with E-state index in [0.717, 1.165) is 0 Å². The Balaban J connectivity index is 2.62. The van der Waals surface area contributed by atoms with Crippen LogP contribution in [0.2, 0.25) is 0 Å². The van der Waals surface area contributed by atoms with Crippen molar-refractivity contribution in [1.82, 2.24) is 0 Å². The molecule has 1 rings (SSSR count). The zero-order valence-electron chi connectivity index (χ0n) is 9.87. The lowest BCUT2D eigenvalue weighted by Gasteiger charge is -2.16. The van der Waals surface area contributed by atoms with Gasteiger partial charge in [-0.2, -0.15) is 0 Å². The first-order chi connectivity index (χ1) is 7.81. The molecule has 4 nitrogen and oxygen atoms in total. The molecule has 0 saturated heterocycles. The van der Waals surface area contributed by atoms with Crippen LogP contribution >= 0.6 is 15.9 Å². The zero-order valence-corrected chi connectivity index (χ0v) is 11.5. The third-order valence-corrected chi connectivity index (χ3v) is 3.08. The van der Waals surface area contributed by atoms with Crippen molar-refractivity contribution in [2.24, 2.45) is 0 Å². The van der Waals surface area contributed by atoms with E-state index in [4.69, 9.17) is 10.5 Å². The van der Waals surface area contributed by atoms with Crippen molar-refractivity contribution in [2.75, 3.05) is 12.3 Å². The molecule has 0 saturated carbocycles. The van der Waals surface area contributed by atoms with E-state index in [1.165, 1.54) is 0 Å². The van der Waals surface area contributed by atoms with Crippen LogP contribution in [0.3, 0.4) is 0 Å². The fraction of sp³-hybridized carbons (Fsp3) is 0.417. The zero-order chi connectivity index (χ0) is 13.1. The van der Waals surface area contributed by atoms with Gasteiger partial charge in [0, 0.05) is 12.1 Å². The molecule has 0 aliphatic carbocycles. The summed E-state index contributed by atoms with van der Waals surface area (Å²) in [5, 5.41) is 9.48. The van der Waals surface area contributed by atoms with Crippen LogP contribution in [0, 0.1) is 0 Å². The molecule has 94 valence electrons. The van der Waals surface area contributed by atoms with Gasteiger partial charge in [-0.25, -0.2) is 4.79 Å². The first kappa shape index (κ1) is 14.0. The van der Waals surface area contributed by atoms with Crippen LogP contribution < -0.4 is 5.73 Å². The fourth-order valence-electron chi connectivity index (χ4n) is 1.18. The molecule has 0 spiro atoms. The number of carbonyl (C=O) groups excluding carboxylic acids is 1. The molecular weight excluding hydrogens is 286 g/mol. The molecule has 0 aliphatic heterocycles. The van der Waals surface area contributed by atoms with E-state index in [9.17, 15) is 9.90 Å². The minimum absolute atomic E-state index is 0.170. The largest absolute Gasteiger partial charge is 0.462 e. The Hall–Kier alpha value is -1.07. The molecule has 0 amide bonds. The Kier molecular flexibility index (Phi) is 4.54. The van der Waals surface area contributed by atoms with Gasteiger partial charge in [0.1, 0.15) is 0 Å². The summed E-state index contributed by atoms with van der Waals surface area (Å²) in [7, 11) is 0. The quantitative estimate of drug-likeness (QED) is 0.661. The monoisotopic (exact) mass is 301 g/mol. The maximum Gasteiger partial charge on any atom is 0.339 e. The van der Waals surface area contributed by atoms with E-state index in [-0.39, 0.29) is 6.61 Å². The van der Waals surface area contributed by atoms with E-state index in [1.54, 1.807) is 32.0 Å². The number of hydrogen-bond acceptors (Lipinski definition) is 4. The van der Waals surface area contributed by atoms with Crippen LogP contribution in [0.4, 0.5) is 5.69 Å². The first-order valence-electron chi connectivity index (χ1n) is 5.25. The van der Waals surface area contributed by atoms with E-state index >= 15 is 0 Å². The minimum Gasteiger partial charge on any atom is -0.462 e. The average molecular weight is 302 g/mol. The van der Waals surface area contributed by atoms with Crippen LogP contribution in [-0.2, 0) is 4.74 Å². The number of benzene rings is 1. The second-order valence-corrected chi connectivity index (χ2v) is 5.20. The van der Waals surface area contributed by atoms with Gasteiger partial charge in [0.05, 0.1) is 22.2 Å². The Labute approximate surface area is 109 Å². The topological polar surface area (TPSA) is 72.5 Å². The SMILES string of the molecule is CC(C)(O)CCOC(=O)c1cccc(N)c1Br. The van der Waals surface area contributed by atoms with Crippen LogP contribution in [0.15, 0.2) is 22.7 Å². The number of anilines is 1. The summed E-state index contributed by atoms with van der Waals surface area (Å²) in [6.45, 7) is 3.50. The van der Waals surface area contributed by atoms with Crippen molar-refractivity contribution >= 4 is 27.6 Å². The summed E-state index contributed by atoms with van der Waals surface area (Å²) in [6.07, 6.45) is 0.388. The predicted octanol–water partition coefficient (Wildman–Crippen LogP) is 2.35. The van der Waals surface area contributed by atoms with Gasteiger partial charge in [0.25, 0.3) is 0 Å². The molecule has 0 unspecified atom stereocenters. The lowest BCUT2D eigenvalue weighted by molar-refractivity contribution is 0.0244.